The van der Waals surface area contributed by atoms with Crippen LogP contribution in [0.1, 0.15) is 48.0 Å². The second kappa shape index (κ2) is 11.3. The van der Waals surface area contributed by atoms with Crippen LogP contribution in [0.5, 0.6) is 0 Å². The number of pyridine rings is 1. The summed E-state index contributed by atoms with van der Waals surface area (Å²) in [4.78, 5) is 35.4. The molecule has 0 bridgehead atoms. The Morgan fingerprint density at radius 2 is 1.79 bits per heavy atom. The number of benzene rings is 1. The van der Waals surface area contributed by atoms with Gasteiger partial charge in [0.2, 0.25) is 5.91 Å². The Hall–Kier alpha value is -3.14. The number of amides is 2. The average molecular weight is 530 g/mol. The Balaban J connectivity index is 1.16. The summed E-state index contributed by atoms with van der Waals surface area (Å²) in [5.74, 6) is 0.176. The third kappa shape index (κ3) is 6.28. The van der Waals surface area contributed by atoms with Crippen LogP contribution >= 0.6 is 0 Å². The van der Waals surface area contributed by atoms with E-state index in [-0.39, 0.29) is 12.1 Å². The lowest BCUT2D eigenvalue weighted by molar-refractivity contribution is -0.164. The van der Waals surface area contributed by atoms with Gasteiger partial charge in [-0.15, -0.1) is 0 Å². The number of hydrogen-bond donors (Lipinski definition) is 1. The molecule has 7 nitrogen and oxygen atoms in total. The number of carbonyl (C=O) groups excluding carboxylic acids is 2. The van der Waals surface area contributed by atoms with Crippen LogP contribution in [0.25, 0.3) is 0 Å². The molecule has 5 rings (SSSR count). The van der Waals surface area contributed by atoms with Crippen LogP contribution in [0.4, 0.5) is 19.0 Å². The van der Waals surface area contributed by atoms with Gasteiger partial charge in [-0.1, -0.05) is 30.3 Å². The number of aromatic nitrogens is 1. The van der Waals surface area contributed by atoms with Gasteiger partial charge in [-0.2, -0.15) is 13.2 Å². The van der Waals surface area contributed by atoms with Crippen LogP contribution in [0.3, 0.4) is 0 Å². The van der Waals surface area contributed by atoms with Crippen LogP contribution < -0.4 is 10.2 Å². The normalized spacial score (nSPS) is 24.7. The van der Waals surface area contributed by atoms with Crippen LogP contribution in [0.2, 0.25) is 0 Å². The fraction of sp³-hybridized carbons (Fsp3) is 0.536. The molecule has 3 aliphatic rings. The minimum Gasteiger partial charge on any atom is -0.356 e. The molecule has 3 atom stereocenters. The van der Waals surface area contributed by atoms with E-state index in [1.54, 1.807) is 6.07 Å². The molecular weight excluding hydrogens is 495 g/mol. The lowest BCUT2D eigenvalue weighted by atomic mass is 9.83. The van der Waals surface area contributed by atoms with E-state index < -0.39 is 30.6 Å². The van der Waals surface area contributed by atoms with Gasteiger partial charge in [0.15, 0.2) is 0 Å². The van der Waals surface area contributed by atoms with E-state index in [0.29, 0.717) is 24.8 Å². The molecule has 3 fully saturated rings. The molecule has 0 aliphatic carbocycles. The van der Waals surface area contributed by atoms with Crippen molar-refractivity contribution in [3.05, 3.63) is 59.8 Å². The zero-order valence-corrected chi connectivity index (χ0v) is 21.4. The summed E-state index contributed by atoms with van der Waals surface area (Å²) in [6.45, 7) is 2.65. The molecule has 1 aromatic heterocycles. The van der Waals surface area contributed by atoms with E-state index >= 15 is 0 Å². The largest absolute Gasteiger partial charge is 0.406 e. The maximum atomic E-state index is 12.8. The number of rotatable bonds is 6. The predicted molar refractivity (Wildman–Crippen MR) is 138 cm³/mol. The average Bonchev–Trinajstić information content (AvgIpc) is 2.91. The second-order valence-electron chi connectivity index (χ2n) is 10.6. The predicted octanol–water partition coefficient (Wildman–Crippen LogP) is 3.86. The Bertz CT molecular complexity index is 1110. The summed E-state index contributed by atoms with van der Waals surface area (Å²) in [5.41, 5.74) is 1.63. The third-order valence-corrected chi connectivity index (χ3v) is 7.95. The van der Waals surface area contributed by atoms with Crippen molar-refractivity contribution in [2.45, 2.75) is 56.9 Å². The number of hydrogen-bond acceptors (Lipinski definition) is 5. The lowest BCUT2D eigenvalue weighted by Gasteiger charge is -2.47. The Kier molecular flexibility index (Phi) is 7.88. The third-order valence-electron chi connectivity index (χ3n) is 7.95. The number of fused-ring (bicyclic) bond motifs is 1. The van der Waals surface area contributed by atoms with Crippen molar-refractivity contribution in [3.63, 3.8) is 0 Å². The summed E-state index contributed by atoms with van der Waals surface area (Å²) in [6.07, 6.45) is 1.17. The van der Waals surface area contributed by atoms with E-state index in [1.807, 2.05) is 12.1 Å². The Morgan fingerprint density at radius 1 is 1.00 bits per heavy atom. The quantitative estimate of drug-likeness (QED) is 0.616. The first-order chi connectivity index (χ1) is 18.3. The maximum Gasteiger partial charge on any atom is 0.406 e. The highest BCUT2D eigenvalue weighted by Gasteiger charge is 2.38. The molecule has 204 valence electrons. The number of piperidine rings is 3. The number of nitrogens with one attached hydrogen (secondary N) is 1. The molecule has 10 heteroatoms. The van der Waals surface area contributed by atoms with Gasteiger partial charge >= 0.3 is 6.18 Å². The second-order valence-corrected chi connectivity index (χ2v) is 10.6. The minimum absolute atomic E-state index is 0.0443. The van der Waals surface area contributed by atoms with Crippen LogP contribution in [0.15, 0.2) is 48.7 Å². The van der Waals surface area contributed by atoms with E-state index in [2.05, 4.69) is 44.4 Å². The van der Waals surface area contributed by atoms with Gasteiger partial charge in [0.25, 0.3) is 5.91 Å². The van der Waals surface area contributed by atoms with Gasteiger partial charge in [0.1, 0.15) is 18.4 Å². The number of anilines is 1. The Morgan fingerprint density at radius 3 is 2.53 bits per heavy atom. The molecule has 0 saturated carbocycles. The molecule has 0 spiro atoms. The molecule has 3 aliphatic heterocycles. The lowest BCUT2D eigenvalue weighted by Crippen LogP contribution is -2.54. The zero-order valence-electron chi connectivity index (χ0n) is 21.4. The Labute approximate surface area is 221 Å². The number of likely N-dealkylation sites (tertiary alicyclic amines) is 2. The van der Waals surface area contributed by atoms with Gasteiger partial charge in [0, 0.05) is 38.4 Å². The molecule has 3 saturated heterocycles. The first kappa shape index (κ1) is 26.5. The zero-order chi connectivity index (χ0) is 26.7. The van der Waals surface area contributed by atoms with Gasteiger partial charge in [-0.05, 0) is 62.3 Å². The summed E-state index contributed by atoms with van der Waals surface area (Å²) in [6, 6.07) is 13.7. The van der Waals surface area contributed by atoms with E-state index in [0.717, 1.165) is 43.3 Å². The van der Waals surface area contributed by atoms with Crippen molar-refractivity contribution in [1.29, 1.82) is 0 Å². The van der Waals surface area contributed by atoms with Crippen molar-refractivity contribution < 1.29 is 22.8 Å². The van der Waals surface area contributed by atoms with Crippen molar-refractivity contribution in [2.75, 3.05) is 37.6 Å². The number of nitrogens with zero attached hydrogens (tertiary/aromatic N) is 4. The molecule has 2 amide bonds. The maximum absolute atomic E-state index is 12.8. The van der Waals surface area contributed by atoms with Crippen molar-refractivity contribution in [3.8, 4) is 0 Å². The summed E-state index contributed by atoms with van der Waals surface area (Å²) >= 11 is 0. The summed E-state index contributed by atoms with van der Waals surface area (Å²) in [5, 5.41) is 2.61. The van der Waals surface area contributed by atoms with Gasteiger partial charge < -0.3 is 15.1 Å². The molecule has 38 heavy (non-hydrogen) atoms. The first-order valence-corrected chi connectivity index (χ1v) is 13.4. The van der Waals surface area contributed by atoms with Crippen molar-refractivity contribution in [2.24, 2.45) is 5.92 Å². The van der Waals surface area contributed by atoms with E-state index in [9.17, 15) is 22.8 Å². The van der Waals surface area contributed by atoms with E-state index in [4.69, 9.17) is 0 Å². The van der Waals surface area contributed by atoms with Gasteiger partial charge in [-0.25, -0.2) is 4.98 Å². The molecule has 3 unspecified atom stereocenters. The molecular formula is C28H34F3N5O2. The topological polar surface area (TPSA) is 68.8 Å². The minimum atomic E-state index is -4.46. The van der Waals surface area contributed by atoms with Crippen molar-refractivity contribution in [1.82, 2.24) is 20.1 Å². The standard InChI is InChI=1S/C28H34F3N5O2/c29-28(30,31)19-36-14-5-9-23(27(36)38)33-26(37)21-10-11-25(32-16-21)35-15-12-24-22(18-35)8-4-13-34(24)17-20-6-2-1-3-7-20/h1-3,6-7,10-11,16,22-24H,4-5,8-9,12-15,17-19H2,(H,33,37). The number of halogens is 3. The summed E-state index contributed by atoms with van der Waals surface area (Å²) < 4.78 is 38.3. The fourth-order valence-corrected chi connectivity index (χ4v) is 6.13. The molecule has 1 N–H and O–H groups in total. The van der Waals surface area contributed by atoms with Crippen molar-refractivity contribution >= 4 is 17.6 Å². The fourth-order valence-electron chi connectivity index (χ4n) is 6.13. The molecule has 4 heterocycles. The molecule has 1 aromatic carbocycles. The van der Waals surface area contributed by atoms with Gasteiger partial charge in [0.05, 0.1) is 5.56 Å². The van der Waals surface area contributed by atoms with Crippen LogP contribution in [-0.4, -0.2) is 77.6 Å². The molecule has 0 radical (unpaired) electrons. The van der Waals surface area contributed by atoms with Crippen LogP contribution in [-0.2, 0) is 11.3 Å². The molecule has 2 aromatic rings. The SMILES string of the molecule is O=C(NC1CCCN(CC(F)(F)F)C1=O)c1ccc(N2CCC3C(CCCN3Cc3ccccc3)C2)nc1. The van der Waals surface area contributed by atoms with Crippen LogP contribution in [0, 0.1) is 5.92 Å². The highest BCUT2D eigenvalue weighted by molar-refractivity contribution is 5.97. The smallest absolute Gasteiger partial charge is 0.356 e. The monoisotopic (exact) mass is 529 g/mol. The first-order valence-electron chi connectivity index (χ1n) is 13.4. The number of alkyl halides is 3. The highest BCUT2D eigenvalue weighted by Crippen LogP contribution is 2.33. The summed E-state index contributed by atoms with van der Waals surface area (Å²) in [7, 11) is 0. The van der Waals surface area contributed by atoms with E-state index in [1.165, 1.54) is 24.6 Å². The van der Waals surface area contributed by atoms with Gasteiger partial charge in [-0.3, -0.25) is 14.5 Å². The highest BCUT2D eigenvalue weighted by atomic mass is 19.4. The number of carbonyl (C=O) groups is 2.